The first-order valence-corrected chi connectivity index (χ1v) is 8.52. The first-order chi connectivity index (χ1) is 9.22. The van der Waals surface area contributed by atoms with Crippen LogP contribution in [0.3, 0.4) is 0 Å². The van der Waals surface area contributed by atoms with Crippen LogP contribution in [0.4, 0.5) is 0 Å². The van der Waals surface area contributed by atoms with E-state index >= 15 is 0 Å². The van der Waals surface area contributed by atoms with Crippen LogP contribution in [-0.2, 0) is 5.41 Å². The lowest BCUT2D eigenvalue weighted by molar-refractivity contribution is 0.0912. The maximum Gasteiger partial charge on any atom is 0.0178 e. The molecule has 1 fully saturated rings. The van der Waals surface area contributed by atoms with Crippen LogP contribution in [0.2, 0.25) is 0 Å². The Kier molecular flexibility index (Phi) is 4.66. The van der Waals surface area contributed by atoms with E-state index in [0.29, 0.717) is 5.41 Å². The van der Waals surface area contributed by atoms with E-state index in [1.165, 1.54) is 22.9 Å². The highest BCUT2D eigenvalue weighted by Crippen LogP contribution is 2.50. The summed E-state index contributed by atoms with van der Waals surface area (Å²) in [5.74, 6) is 1.67. The van der Waals surface area contributed by atoms with Gasteiger partial charge in [-0.2, -0.15) is 0 Å². The molecular formula is C18H28BrN. The Morgan fingerprint density at radius 1 is 1.30 bits per heavy atom. The summed E-state index contributed by atoms with van der Waals surface area (Å²) in [7, 11) is 0. The second-order valence-electron chi connectivity index (χ2n) is 7.81. The van der Waals surface area contributed by atoms with Gasteiger partial charge in [0.2, 0.25) is 0 Å². The zero-order valence-electron chi connectivity index (χ0n) is 13.5. The fraction of sp³-hybridized carbons (Fsp3) is 0.667. The third-order valence-corrected chi connectivity index (χ3v) is 5.14. The van der Waals surface area contributed by atoms with Crippen LogP contribution in [0.1, 0.15) is 53.0 Å². The topological polar surface area (TPSA) is 12.0 Å². The molecule has 1 aromatic rings. The largest absolute Gasteiger partial charge is 0.311 e. The molecule has 0 aliphatic heterocycles. The summed E-state index contributed by atoms with van der Waals surface area (Å²) in [4.78, 5) is 0. The quantitative estimate of drug-likeness (QED) is 0.801. The average Bonchev–Trinajstić information content (AvgIpc) is 2.25. The monoisotopic (exact) mass is 337 g/mol. The highest BCUT2D eigenvalue weighted by Gasteiger charge is 2.46. The van der Waals surface area contributed by atoms with Gasteiger partial charge in [0.15, 0.2) is 0 Å². The minimum Gasteiger partial charge on any atom is -0.311 e. The molecule has 0 bridgehead atoms. The van der Waals surface area contributed by atoms with Gasteiger partial charge in [0.1, 0.15) is 0 Å². The summed E-state index contributed by atoms with van der Waals surface area (Å²) in [6, 6.07) is 8.89. The Morgan fingerprint density at radius 2 is 1.95 bits per heavy atom. The van der Waals surface area contributed by atoms with Crippen molar-refractivity contribution in [2.45, 2.75) is 58.4 Å². The van der Waals surface area contributed by atoms with Crippen LogP contribution in [0.5, 0.6) is 0 Å². The average molecular weight is 338 g/mol. The van der Waals surface area contributed by atoms with Crippen molar-refractivity contribution in [2.24, 2.45) is 11.8 Å². The molecule has 1 aliphatic carbocycles. The van der Waals surface area contributed by atoms with Crippen LogP contribution in [-0.4, -0.2) is 12.1 Å². The first kappa shape index (κ1) is 16.0. The van der Waals surface area contributed by atoms with Crippen LogP contribution >= 0.6 is 15.9 Å². The molecule has 0 heterocycles. The second-order valence-corrected chi connectivity index (χ2v) is 8.72. The predicted molar refractivity (Wildman–Crippen MR) is 91.1 cm³/mol. The molecular weight excluding hydrogens is 310 g/mol. The minimum atomic E-state index is 0.182. The molecule has 0 amide bonds. The van der Waals surface area contributed by atoms with Crippen LogP contribution in [0.25, 0.3) is 0 Å². The van der Waals surface area contributed by atoms with Crippen molar-refractivity contribution < 1.29 is 0 Å². The molecule has 0 spiro atoms. The Balaban J connectivity index is 2.18. The predicted octanol–water partition coefficient (Wildman–Crippen LogP) is 5.14. The number of halogens is 1. The van der Waals surface area contributed by atoms with E-state index in [2.05, 4.69) is 80.1 Å². The molecule has 112 valence electrons. The van der Waals surface area contributed by atoms with Crippen molar-refractivity contribution >= 4 is 15.9 Å². The standard InChI is InChI=1S/C18H28BrN/c1-13(2)14-10-18(11-14,12-20-17(3,4)5)15-7-6-8-16(19)9-15/h6-9,13-14,20H,10-12H2,1-5H3. The number of nitrogens with one attached hydrogen (secondary N) is 1. The zero-order chi connectivity index (χ0) is 15.0. The molecule has 0 saturated heterocycles. The van der Waals surface area contributed by atoms with Crippen molar-refractivity contribution in [3.05, 3.63) is 34.3 Å². The van der Waals surface area contributed by atoms with E-state index in [4.69, 9.17) is 0 Å². The maximum atomic E-state index is 3.73. The normalized spacial score (nSPS) is 26.6. The van der Waals surface area contributed by atoms with E-state index in [0.717, 1.165) is 18.4 Å². The van der Waals surface area contributed by atoms with Gasteiger partial charge in [-0.3, -0.25) is 0 Å². The van der Waals surface area contributed by atoms with Gasteiger partial charge in [0.05, 0.1) is 0 Å². The SMILES string of the molecule is CC(C)C1CC(CNC(C)(C)C)(c2cccc(Br)c2)C1. The van der Waals surface area contributed by atoms with Gasteiger partial charge < -0.3 is 5.32 Å². The van der Waals surface area contributed by atoms with E-state index in [-0.39, 0.29) is 5.54 Å². The maximum absolute atomic E-state index is 3.73. The number of hydrogen-bond donors (Lipinski definition) is 1. The third-order valence-electron chi connectivity index (χ3n) is 4.64. The van der Waals surface area contributed by atoms with Crippen molar-refractivity contribution in [1.29, 1.82) is 0 Å². The molecule has 0 radical (unpaired) electrons. The molecule has 0 atom stereocenters. The van der Waals surface area contributed by atoms with Crippen molar-refractivity contribution in [1.82, 2.24) is 5.32 Å². The van der Waals surface area contributed by atoms with Gasteiger partial charge in [-0.1, -0.05) is 41.9 Å². The lowest BCUT2D eigenvalue weighted by Gasteiger charge is -2.51. The van der Waals surface area contributed by atoms with E-state index in [9.17, 15) is 0 Å². The lowest BCUT2D eigenvalue weighted by atomic mass is 9.55. The van der Waals surface area contributed by atoms with Crippen LogP contribution < -0.4 is 5.32 Å². The summed E-state index contributed by atoms with van der Waals surface area (Å²) in [6.07, 6.45) is 2.62. The fourth-order valence-electron chi connectivity index (χ4n) is 3.15. The Labute approximate surface area is 132 Å². The summed E-state index contributed by atoms with van der Waals surface area (Å²) in [5.41, 5.74) is 1.99. The molecule has 20 heavy (non-hydrogen) atoms. The lowest BCUT2D eigenvalue weighted by Crippen LogP contribution is -2.53. The van der Waals surface area contributed by atoms with Gasteiger partial charge in [-0.15, -0.1) is 0 Å². The fourth-order valence-corrected chi connectivity index (χ4v) is 3.55. The summed E-state index contributed by atoms with van der Waals surface area (Å²) in [6.45, 7) is 12.5. The Hall–Kier alpha value is -0.340. The van der Waals surface area contributed by atoms with Gasteiger partial charge in [-0.25, -0.2) is 0 Å². The van der Waals surface area contributed by atoms with Gasteiger partial charge >= 0.3 is 0 Å². The van der Waals surface area contributed by atoms with Crippen molar-refractivity contribution in [2.75, 3.05) is 6.54 Å². The molecule has 2 heteroatoms. The highest BCUT2D eigenvalue weighted by atomic mass is 79.9. The van der Waals surface area contributed by atoms with E-state index in [1.807, 2.05) is 0 Å². The molecule has 1 nitrogen and oxygen atoms in total. The molecule has 1 N–H and O–H groups in total. The molecule has 0 unspecified atom stereocenters. The van der Waals surface area contributed by atoms with Gasteiger partial charge in [-0.05, 0) is 63.1 Å². The van der Waals surface area contributed by atoms with Gasteiger partial charge in [0, 0.05) is 22.0 Å². The Bertz CT molecular complexity index is 453. The van der Waals surface area contributed by atoms with Crippen molar-refractivity contribution in [3.8, 4) is 0 Å². The summed E-state index contributed by atoms with van der Waals surface area (Å²) in [5, 5.41) is 3.73. The molecule has 1 saturated carbocycles. The number of rotatable bonds is 4. The second kappa shape index (κ2) is 5.81. The Morgan fingerprint density at radius 3 is 2.45 bits per heavy atom. The highest BCUT2D eigenvalue weighted by molar-refractivity contribution is 9.10. The number of hydrogen-bond acceptors (Lipinski definition) is 1. The molecule has 2 rings (SSSR count). The van der Waals surface area contributed by atoms with Crippen LogP contribution in [0, 0.1) is 11.8 Å². The van der Waals surface area contributed by atoms with Crippen LogP contribution in [0.15, 0.2) is 28.7 Å². The van der Waals surface area contributed by atoms with Gasteiger partial charge in [0.25, 0.3) is 0 Å². The van der Waals surface area contributed by atoms with E-state index in [1.54, 1.807) is 0 Å². The molecule has 1 aromatic carbocycles. The minimum absolute atomic E-state index is 0.182. The third kappa shape index (κ3) is 3.65. The number of benzene rings is 1. The smallest absolute Gasteiger partial charge is 0.0178 e. The zero-order valence-corrected chi connectivity index (χ0v) is 15.0. The van der Waals surface area contributed by atoms with Crippen molar-refractivity contribution in [3.63, 3.8) is 0 Å². The van der Waals surface area contributed by atoms with E-state index < -0.39 is 0 Å². The molecule has 0 aromatic heterocycles. The first-order valence-electron chi connectivity index (χ1n) is 7.73. The molecule has 1 aliphatic rings. The summed E-state index contributed by atoms with van der Waals surface area (Å²) < 4.78 is 1.19. The summed E-state index contributed by atoms with van der Waals surface area (Å²) >= 11 is 3.62.